The van der Waals surface area contributed by atoms with Crippen LogP contribution in [0.5, 0.6) is 5.95 Å². The molecule has 1 aromatic heterocycles. The predicted octanol–water partition coefficient (Wildman–Crippen LogP) is 4.06. The summed E-state index contributed by atoms with van der Waals surface area (Å²) in [6.45, 7) is 4.71. The second kappa shape index (κ2) is 9.34. The number of halogens is 1. The van der Waals surface area contributed by atoms with Gasteiger partial charge in [-0.05, 0) is 61.3 Å². The third kappa shape index (κ3) is 4.70. The number of amides is 2. The Bertz CT molecular complexity index is 1220. The molecule has 9 heteroatoms. The number of anilines is 2. The topological polar surface area (TPSA) is 101 Å². The van der Waals surface area contributed by atoms with Gasteiger partial charge >= 0.3 is 6.09 Å². The Kier molecular flexibility index (Phi) is 6.10. The SMILES string of the molecule is NC(=O)Oc1cc2cc(N3CCN(CCCCC4C(=O)Nc5ccc(F)cc54)CC3)ccc2o1. The number of hydrogen-bond acceptors (Lipinski definition) is 6. The third-order valence-electron chi connectivity index (χ3n) is 6.60. The number of nitrogens with two attached hydrogens (primary N) is 1. The first-order valence-electron chi connectivity index (χ1n) is 11.5. The molecular formula is C25H27FN4O4. The lowest BCUT2D eigenvalue weighted by Gasteiger charge is -2.36. The van der Waals surface area contributed by atoms with Gasteiger partial charge in [-0.25, -0.2) is 9.18 Å². The van der Waals surface area contributed by atoms with E-state index in [2.05, 4.69) is 15.1 Å². The number of piperazine rings is 1. The van der Waals surface area contributed by atoms with Crippen molar-refractivity contribution in [1.82, 2.24) is 4.90 Å². The number of hydrogen-bond donors (Lipinski definition) is 2. The van der Waals surface area contributed by atoms with E-state index in [0.29, 0.717) is 5.58 Å². The standard InChI is InChI=1S/C25H27FN4O4/c26-17-4-6-21-20(15-17)19(24(31)28-21)3-1-2-8-29-9-11-30(12-10-29)18-5-7-22-16(13-18)14-23(33-22)34-25(27)32/h4-7,13-15,19H,1-3,8-12H2,(H2,27,32)(H,28,31). The second-order valence-electron chi connectivity index (χ2n) is 8.81. The molecule has 3 aromatic rings. The minimum absolute atomic E-state index is 0.0304. The molecule has 1 atom stereocenters. The van der Waals surface area contributed by atoms with E-state index in [1.165, 1.54) is 12.1 Å². The van der Waals surface area contributed by atoms with E-state index in [0.717, 1.165) is 74.3 Å². The van der Waals surface area contributed by atoms with Crippen molar-refractivity contribution < 1.29 is 23.1 Å². The van der Waals surface area contributed by atoms with Gasteiger partial charge in [-0.15, -0.1) is 0 Å². The van der Waals surface area contributed by atoms with E-state index in [1.807, 2.05) is 18.2 Å². The van der Waals surface area contributed by atoms with Crippen molar-refractivity contribution in [2.45, 2.75) is 25.2 Å². The summed E-state index contributed by atoms with van der Waals surface area (Å²) >= 11 is 0. The lowest BCUT2D eigenvalue weighted by atomic mass is 9.95. The van der Waals surface area contributed by atoms with E-state index >= 15 is 0 Å². The number of furan rings is 1. The van der Waals surface area contributed by atoms with Crippen LogP contribution in [0, 0.1) is 5.82 Å². The van der Waals surface area contributed by atoms with Crippen LogP contribution in [0.25, 0.3) is 11.0 Å². The van der Waals surface area contributed by atoms with Crippen molar-refractivity contribution in [1.29, 1.82) is 0 Å². The molecule has 178 valence electrons. The fourth-order valence-corrected chi connectivity index (χ4v) is 4.85. The Labute approximate surface area is 196 Å². The largest absolute Gasteiger partial charge is 0.425 e. The molecule has 1 unspecified atom stereocenters. The van der Waals surface area contributed by atoms with Crippen molar-refractivity contribution >= 4 is 34.3 Å². The quantitative estimate of drug-likeness (QED) is 0.510. The van der Waals surface area contributed by atoms with Crippen LogP contribution in [0.3, 0.4) is 0 Å². The second-order valence-corrected chi connectivity index (χ2v) is 8.81. The fraction of sp³-hybridized carbons (Fsp3) is 0.360. The molecule has 2 aliphatic heterocycles. The van der Waals surface area contributed by atoms with Gasteiger partial charge in [0.25, 0.3) is 5.95 Å². The van der Waals surface area contributed by atoms with Crippen LogP contribution in [0.2, 0.25) is 0 Å². The smallest absolute Gasteiger partial charge is 0.412 e. The molecule has 3 N–H and O–H groups in total. The number of primary amides is 1. The first-order chi connectivity index (χ1) is 16.5. The minimum atomic E-state index is -0.902. The molecule has 2 amide bonds. The van der Waals surface area contributed by atoms with E-state index in [-0.39, 0.29) is 23.6 Å². The summed E-state index contributed by atoms with van der Waals surface area (Å²) in [5.74, 6) is -0.496. The van der Waals surface area contributed by atoms with Crippen LogP contribution < -0.4 is 20.7 Å². The summed E-state index contributed by atoms with van der Waals surface area (Å²) in [5.41, 5.74) is 8.29. The molecule has 3 heterocycles. The number of carbonyl (C=O) groups excluding carboxylic acids is 2. The maximum absolute atomic E-state index is 13.6. The Balaban J connectivity index is 1.09. The van der Waals surface area contributed by atoms with Gasteiger partial charge < -0.3 is 25.1 Å². The van der Waals surface area contributed by atoms with Crippen molar-refractivity contribution in [2.24, 2.45) is 5.73 Å². The van der Waals surface area contributed by atoms with Crippen LogP contribution in [-0.2, 0) is 4.79 Å². The van der Waals surface area contributed by atoms with Crippen molar-refractivity contribution in [2.75, 3.05) is 42.9 Å². The highest BCUT2D eigenvalue weighted by molar-refractivity contribution is 6.02. The lowest BCUT2D eigenvalue weighted by Crippen LogP contribution is -2.46. The summed E-state index contributed by atoms with van der Waals surface area (Å²) < 4.78 is 23.9. The normalized spacial score (nSPS) is 18.2. The van der Waals surface area contributed by atoms with Gasteiger partial charge in [-0.3, -0.25) is 9.69 Å². The van der Waals surface area contributed by atoms with Crippen molar-refractivity contribution in [3.05, 3.63) is 53.8 Å². The molecule has 0 aliphatic carbocycles. The molecule has 5 rings (SSSR count). The highest BCUT2D eigenvalue weighted by Gasteiger charge is 2.30. The zero-order chi connectivity index (χ0) is 23.7. The number of nitrogens with zero attached hydrogens (tertiary/aromatic N) is 2. The maximum atomic E-state index is 13.6. The van der Waals surface area contributed by atoms with E-state index in [9.17, 15) is 14.0 Å². The number of unbranched alkanes of at least 4 members (excludes halogenated alkanes) is 1. The number of carbonyl (C=O) groups is 2. The summed E-state index contributed by atoms with van der Waals surface area (Å²) in [7, 11) is 0. The summed E-state index contributed by atoms with van der Waals surface area (Å²) in [4.78, 5) is 27.9. The van der Waals surface area contributed by atoms with Crippen molar-refractivity contribution in [3.8, 4) is 5.95 Å². The van der Waals surface area contributed by atoms with Gasteiger partial charge in [0.1, 0.15) is 11.4 Å². The first-order valence-corrected chi connectivity index (χ1v) is 11.5. The lowest BCUT2D eigenvalue weighted by molar-refractivity contribution is -0.117. The fourth-order valence-electron chi connectivity index (χ4n) is 4.85. The first kappa shape index (κ1) is 22.2. The summed E-state index contributed by atoms with van der Waals surface area (Å²) in [6, 6.07) is 12.1. The molecule has 1 fully saturated rings. The zero-order valence-electron chi connectivity index (χ0n) is 18.8. The molecule has 2 aliphatic rings. The number of rotatable bonds is 7. The molecule has 0 spiro atoms. The van der Waals surface area contributed by atoms with Crippen LogP contribution in [0.1, 0.15) is 30.7 Å². The van der Waals surface area contributed by atoms with Crippen LogP contribution >= 0.6 is 0 Å². The average molecular weight is 467 g/mol. The van der Waals surface area contributed by atoms with Gasteiger partial charge in [0.2, 0.25) is 5.91 Å². The van der Waals surface area contributed by atoms with Crippen LogP contribution in [0.4, 0.5) is 20.6 Å². The van der Waals surface area contributed by atoms with Crippen LogP contribution in [-0.4, -0.2) is 49.6 Å². The maximum Gasteiger partial charge on any atom is 0.412 e. The Morgan fingerprint density at radius 1 is 1.12 bits per heavy atom. The number of fused-ring (bicyclic) bond motifs is 2. The van der Waals surface area contributed by atoms with E-state index < -0.39 is 6.09 Å². The monoisotopic (exact) mass is 466 g/mol. The Hall–Kier alpha value is -3.59. The average Bonchev–Trinajstić information content (AvgIpc) is 3.35. The highest BCUT2D eigenvalue weighted by Crippen LogP contribution is 2.36. The Morgan fingerprint density at radius 2 is 1.94 bits per heavy atom. The Morgan fingerprint density at radius 3 is 2.74 bits per heavy atom. The summed E-state index contributed by atoms with van der Waals surface area (Å²) in [6.07, 6.45) is 1.74. The molecule has 8 nitrogen and oxygen atoms in total. The molecule has 34 heavy (non-hydrogen) atoms. The van der Waals surface area contributed by atoms with Gasteiger partial charge in [-0.2, -0.15) is 0 Å². The van der Waals surface area contributed by atoms with E-state index in [1.54, 1.807) is 12.1 Å². The molecule has 0 bridgehead atoms. The van der Waals surface area contributed by atoms with Gasteiger partial charge in [0.15, 0.2) is 0 Å². The number of ether oxygens (including phenoxy) is 1. The van der Waals surface area contributed by atoms with Crippen LogP contribution in [0.15, 0.2) is 46.9 Å². The van der Waals surface area contributed by atoms with Gasteiger partial charge in [0, 0.05) is 49.0 Å². The number of nitrogens with one attached hydrogen (secondary N) is 1. The molecule has 0 saturated carbocycles. The summed E-state index contributed by atoms with van der Waals surface area (Å²) in [5, 5.41) is 3.71. The molecule has 1 saturated heterocycles. The third-order valence-corrected chi connectivity index (χ3v) is 6.60. The minimum Gasteiger partial charge on any atom is -0.425 e. The zero-order valence-corrected chi connectivity index (χ0v) is 18.8. The van der Waals surface area contributed by atoms with Gasteiger partial charge in [0.05, 0.1) is 5.92 Å². The van der Waals surface area contributed by atoms with Gasteiger partial charge in [-0.1, -0.05) is 6.42 Å². The molecular weight excluding hydrogens is 439 g/mol. The number of benzene rings is 2. The highest BCUT2D eigenvalue weighted by atomic mass is 19.1. The molecule has 0 radical (unpaired) electrons. The predicted molar refractivity (Wildman–Crippen MR) is 127 cm³/mol. The van der Waals surface area contributed by atoms with Crippen molar-refractivity contribution in [3.63, 3.8) is 0 Å². The van der Waals surface area contributed by atoms with E-state index in [4.69, 9.17) is 14.9 Å². The molecule has 2 aromatic carbocycles.